The number of hydrogen-bond acceptors (Lipinski definition) is 10. The lowest BCUT2D eigenvalue weighted by atomic mass is 9.86. The van der Waals surface area contributed by atoms with Crippen LogP contribution in [0.5, 0.6) is 11.5 Å². The zero-order valence-corrected chi connectivity index (χ0v) is 21.5. The molecule has 3 aromatic carbocycles. The molecule has 10 nitrogen and oxygen atoms in total. The lowest BCUT2D eigenvalue weighted by Crippen LogP contribution is -2.47. The molecule has 3 aliphatic rings. The number of rotatable bonds is 4. The highest BCUT2D eigenvalue weighted by molar-refractivity contribution is 6.28. The zero-order chi connectivity index (χ0) is 26.6. The molecule has 8 rings (SSSR count). The minimum absolute atomic E-state index is 0.0612. The second kappa shape index (κ2) is 8.98. The van der Waals surface area contributed by atoms with Crippen molar-refractivity contribution in [2.24, 2.45) is 0 Å². The smallest absolute Gasteiger partial charge is 0.225 e. The Labute approximate surface area is 229 Å². The Morgan fingerprint density at radius 3 is 2.38 bits per heavy atom. The SMILES string of the molecule is O=C1c2ccccc2-c2onc3c(N4CCN(c5ncccn5)CC4)cc(Nc4ccc5c(c4)OCCO5)c1c23. The molecule has 0 spiro atoms. The van der Waals surface area contributed by atoms with Crippen molar-refractivity contribution in [3.05, 3.63) is 78.1 Å². The van der Waals surface area contributed by atoms with Crippen LogP contribution in [0.1, 0.15) is 15.9 Å². The van der Waals surface area contributed by atoms with Crippen molar-refractivity contribution >= 4 is 39.7 Å². The number of anilines is 4. The summed E-state index contributed by atoms with van der Waals surface area (Å²) in [6.45, 7) is 4.01. The summed E-state index contributed by atoms with van der Waals surface area (Å²) in [4.78, 5) is 27.2. The van der Waals surface area contributed by atoms with Gasteiger partial charge in [-0.25, -0.2) is 9.97 Å². The number of hydrogen-bond donors (Lipinski definition) is 1. The molecule has 2 aliphatic heterocycles. The standard InChI is InChI=1S/C30H24N6O4/c37-28-19-4-1-2-5-20(19)29-26-25(28)21(33-18-6-7-23-24(16-18)39-15-14-38-23)17-22(27(26)34-40-29)35-10-12-36(13-11-35)30-31-8-3-9-32-30/h1-9,16-17,33H,10-15H2. The summed E-state index contributed by atoms with van der Waals surface area (Å²) in [6, 6.07) is 17.1. The van der Waals surface area contributed by atoms with E-state index in [0.717, 1.165) is 54.5 Å². The first-order chi connectivity index (χ1) is 19.7. The highest BCUT2D eigenvalue weighted by atomic mass is 16.6. The fraction of sp³-hybridized carbons (Fsp3) is 0.200. The van der Waals surface area contributed by atoms with Crippen LogP contribution < -0.4 is 24.6 Å². The van der Waals surface area contributed by atoms with Gasteiger partial charge in [-0.05, 0) is 24.3 Å². The second-order valence-electron chi connectivity index (χ2n) is 9.93. The Morgan fingerprint density at radius 1 is 0.800 bits per heavy atom. The number of ketones is 1. The third kappa shape index (κ3) is 3.56. The van der Waals surface area contributed by atoms with Crippen LogP contribution in [0.2, 0.25) is 0 Å². The van der Waals surface area contributed by atoms with E-state index in [-0.39, 0.29) is 5.78 Å². The topological polar surface area (TPSA) is 106 Å². The number of nitrogens with zero attached hydrogens (tertiary/aromatic N) is 5. The number of carbonyl (C=O) groups excluding carboxylic acids is 1. The number of benzene rings is 3. The van der Waals surface area contributed by atoms with E-state index in [9.17, 15) is 4.79 Å². The number of fused-ring (bicyclic) bond motifs is 3. The van der Waals surface area contributed by atoms with E-state index in [0.29, 0.717) is 52.8 Å². The predicted molar refractivity (Wildman–Crippen MR) is 150 cm³/mol. The first kappa shape index (κ1) is 22.8. The van der Waals surface area contributed by atoms with Crippen LogP contribution in [-0.4, -0.2) is 60.3 Å². The number of ether oxygens (including phenoxy) is 2. The summed E-state index contributed by atoms with van der Waals surface area (Å²) >= 11 is 0. The van der Waals surface area contributed by atoms with E-state index in [4.69, 9.17) is 14.0 Å². The molecule has 1 fully saturated rings. The van der Waals surface area contributed by atoms with Crippen LogP contribution >= 0.6 is 0 Å². The Bertz CT molecular complexity index is 1780. The normalized spacial score (nSPS) is 15.8. The van der Waals surface area contributed by atoms with E-state index in [1.54, 1.807) is 12.4 Å². The first-order valence-electron chi connectivity index (χ1n) is 13.3. The van der Waals surface area contributed by atoms with Crippen molar-refractivity contribution < 1.29 is 18.8 Å². The molecular weight excluding hydrogens is 508 g/mol. The molecule has 40 heavy (non-hydrogen) atoms. The van der Waals surface area contributed by atoms with Crippen molar-refractivity contribution in [1.82, 2.24) is 15.1 Å². The van der Waals surface area contributed by atoms with Crippen molar-refractivity contribution in [3.63, 3.8) is 0 Å². The maximum Gasteiger partial charge on any atom is 0.225 e. The van der Waals surface area contributed by atoms with Gasteiger partial charge in [-0.2, -0.15) is 0 Å². The highest BCUT2D eigenvalue weighted by Crippen LogP contribution is 2.47. The molecular formula is C30H24N6O4. The molecule has 5 aromatic rings. The zero-order valence-electron chi connectivity index (χ0n) is 21.5. The predicted octanol–water partition coefficient (Wildman–Crippen LogP) is 4.67. The van der Waals surface area contributed by atoms with Crippen molar-refractivity contribution in [1.29, 1.82) is 0 Å². The molecule has 0 saturated carbocycles. The molecule has 0 radical (unpaired) electrons. The van der Waals surface area contributed by atoms with Crippen LogP contribution in [0.15, 0.2) is 71.5 Å². The van der Waals surface area contributed by atoms with Gasteiger partial charge in [0.15, 0.2) is 23.0 Å². The number of aromatic nitrogens is 3. The molecule has 4 heterocycles. The average molecular weight is 533 g/mol. The van der Waals surface area contributed by atoms with Crippen LogP contribution in [0.25, 0.3) is 22.2 Å². The fourth-order valence-corrected chi connectivity index (χ4v) is 5.76. The summed E-state index contributed by atoms with van der Waals surface area (Å²) in [6.07, 6.45) is 3.52. The number of carbonyl (C=O) groups is 1. The van der Waals surface area contributed by atoms with Crippen molar-refractivity contribution in [3.8, 4) is 22.8 Å². The lowest BCUT2D eigenvalue weighted by Gasteiger charge is -2.36. The molecule has 10 heteroatoms. The second-order valence-corrected chi connectivity index (χ2v) is 9.93. The van der Waals surface area contributed by atoms with Gasteiger partial charge in [-0.3, -0.25) is 4.79 Å². The Balaban J connectivity index is 1.23. The Morgan fingerprint density at radius 2 is 1.55 bits per heavy atom. The van der Waals surface area contributed by atoms with Crippen LogP contribution in [0.3, 0.4) is 0 Å². The van der Waals surface area contributed by atoms with Gasteiger partial charge in [0.1, 0.15) is 18.7 Å². The van der Waals surface area contributed by atoms with E-state index >= 15 is 0 Å². The van der Waals surface area contributed by atoms with Gasteiger partial charge in [0.25, 0.3) is 0 Å². The fourth-order valence-electron chi connectivity index (χ4n) is 5.76. The van der Waals surface area contributed by atoms with Crippen molar-refractivity contribution in [2.75, 3.05) is 54.5 Å². The summed E-state index contributed by atoms with van der Waals surface area (Å²) in [7, 11) is 0. The largest absolute Gasteiger partial charge is 0.486 e. The van der Waals surface area contributed by atoms with Crippen LogP contribution in [0, 0.1) is 0 Å². The third-order valence-corrected chi connectivity index (χ3v) is 7.66. The van der Waals surface area contributed by atoms with E-state index in [1.165, 1.54) is 0 Å². The maximum absolute atomic E-state index is 13.9. The minimum atomic E-state index is -0.0612. The van der Waals surface area contributed by atoms with E-state index in [1.807, 2.05) is 54.6 Å². The molecule has 0 bridgehead atoms. The van der Waals surface area contributed by atoms with Gasteiger partial charge in [-0.1, -0.05) is 29.4 Å². The molecule has 1 aliphatic carbocycles. The van der Waals surface area contributed by atoms with E-state index < -0.39 is 0 Å². The van der Waals surface area contributed by atoms with Crippen molar-refractivity contribution in [2.45, 2.75) is 0 Å². The average Bonchev–Trinajstić information content (AvgIpc) is 3.46. The van der Waals surface area contributed by atoms with Crippen LogP contribution in [0.4, 0.5) is 23.0 Å². The van der Waals surface area contributed by atoms with Gasteiger partial charge in [-0.15, -0.1) is 0 Å². The molecule has 198 valence electrons. The van der Waals surface area contributed by atoms with Gasteiger partial charge in [0, 0.05) is 61.5 Å². The molecule has 0 amide bonds. The lowest BCUT2D eigenvalue weighted by molar-refractivity contribution is 0.104. The van der Waals surface area contributed by atoms with Gasteiger partial charge in [0.05, 0.1) is 22.3 Å². The molecule has 2 aromatic heterocycles. The first-order valence-corrected chi connectivity index (χ1v) is 13.3. The summed E-state index contributed by atoms with van der Waals surface area (Å²) in [5.41, 5.74) is 5.00. The van der Waals surface area contributed by atoms with Gasteiger partial charge >= 0.3 is 0 Å². The number of piperazine rings is 1. The van der Waals surface area contributed by atoms with Gasteiger partial charge in [0.2, 0.25) is 5.95 Å². The van der Waals surface area contributed by atoms with Gasteiger partial charge < -0.3 is 29.1 Å². The quantitative estimate of drug-likeness (QED) is 0.344. The summed E-state index contributed by atoms with van der Waals surface area (Å²) in [5, 5.41) is 8.75. The molecule has 0 unspecified atom stereocenters. The Kier molecular flexibility index (Phi) is 5.12. The molecule has 1 saturated heterocycles. The minimum Gasteiger partial charge on any atom is -0.486 e. The maximum atomic E-state index is 13.9. The third-order valence-electron chi connectivity index (χ3n) is 7.66. The van der Waals surface area contributed by atoms with Crippen LogP contribution in [-0.2, 0) is 0 Å². The van der Waals surface area contributed by atoms with E-state index in [2.05, 4.69) is 30.2 Å². The molecule has 0 atom stereocenters. The highest BCUT2D eigenvalue weighted by Gasteiger charge is 2.34. The Hall–Kier alpha value is -5.12. The molecule has 1 N–H and O–H groups in total. The number of nitrogens with one attached hydrogen (secondary N) is 1. The monoisotopic (exact) mass is 532 g/mol. The summed E-state index contributed by atoms with van der Waals surface area (Å²) in [5.74, 6) is 2.66. The summed E-state index contributed by atoms with van der Waals surface area (Å²) < 4.78 is 17.4.